The maximum Gasteiger partial charge on any atom is 0.269 e. The second kappa shape index (κ2) is 8.97. The van der Waals surface area contributed by atoms with Crippen LogP contribution in [0.15, 0.2) is 84.4 Å². The van der Waals surface area contributed by atoms with Crippen molar-refractivity contribution in [2.75, 3.05) is 5.32 Å². The highest BCUT2D eigenvalue weighted by Crippen LogP contribution is 2.23. The molecule has 3 rings (SSSR count). The molecule has 0 bridgehead atoms. The van der Waals surface area contributed by atoms with Crippen LogP contribution in [0.1, 0.15) is 5.56 Å². The molecular formula is C22H15N3O4. The Hall–Kier alpha value is -4.44. The molecule has 0 spiro atoms. The topological polar surface area (TPSA) is 105 Å². The highest BCUT2D eigenvalue weighted by molar-refractivity contribution is 6.09. The van der Waals surface area contributed by atoms with Crippen LogP contribution in [0.4, 0.5) is 11.4 Å². The summed E-state index contributed by atoms with van der Waals surface area (Å²) < 4.78 is 5.75. The van der Waals surface area contributed by atoms with Gasteiger partial charge in [0, 0.05) is 17.8 Å². The number of non-ortho nitro benzene ring substituents is 1. The zero-order valence-electron chi connectivity index (χ0n) is 15.1. The van der Waals surface area contributed by atoms with Crippen molar-refractivity contribution in [3.05, 3.63) is 100 Å². The molecule has 1 amide bonds. The number of nitrogens with one attached hydrogen (secondary N) is 1. The van der Waals surface area contributed by atoms with Crippen LogP contribution in [-0.2, 0) is 4.79 Å². The summed E-state index contributed by atoms with van der Waals surface area (Å²) in [5.74, 6) is 0.624. The maximum absolute atomic E-state index is 12.4. The van der Waals surface area contributed by atoms with Gasteiger partial charge in [-0.2, -0.15) is 5.26 Å². The molecule has 0 radical (unpaired) electrons. The smallest absolute Gasteiger partial charge is 0.269 e. The Balaban J connectivity index is 1.75. The summed E-state index contributed by atoms with van der Waals surface area (Å²) in [5.41, 5.74) is 0.770. The molecular weight excluding hydrogens is 370 g/mol. The molecule has 29 heavy (non-hydrogen) atoms. The fraction of sp³-hybridized carbons (Fsp3) is 0. The van der Waals surface area contributed by atoms with Gasteiger partial charge >= 0.3 is 0 Å². The zero-order chi connectivity index (χ0) is 20.6. The standard InChI is InChI=1S/C22H15N3O4/c23-15-17(22(26)24-18-9-11-19(12-10-18)25(27)28)13-16-5-4-8-21(14-16)29-20-6-2-1-3-7-20/h1-14H,(H,24,26). The second-order valence-corrected chi connectivity index (χ2v) is 5.92. The maximum atomic E-state index is 12.4. The van der Waals surface area contributed by atoms with Crippen LogP contribution < -0.4 is 10.1 Å². The van der Waals surface area contributed by atoms with Crippen molar-refractivity contribution in [3.8, 4) is 17.6 Å². The van der Waals surface area contributed by atoms with E-state index >= 15 is 0 Å². The summed E-state index contributed by atoms with van der Waals surface area (Å²) in [6.45, 7) is 0. The first-order valence-electron chi connectivity index (χ1n) is 8.56. The molecule has 3 aromatic rings. The van der Waals surface area contributed by atoms with Gasteiger partial charge in [-0.3, -0.25) is 14.9 Å². The van der Waals surface area contributed by atoms with Crippen molar-refractivity contribution in [2.45, 2.75) is 0 Å². The number of nitriles is 1. The number of para-hydroxylation sites is 1. The first-order chi connectivity index (χ1) is 14.0. The summed E-state index contributed by atoms with van der Waals surface area (Å²) in [6, 6.07) is 23.4. The molecule has 0 heterocycles. The van der Waals surface area contributed by atoms with Gasteiger partial charge in [0.15, 0.2) is 0 Å². The van der Waals surface area contributed by atoms with Crippen molar-refractivity contribution in [2.24, 2.45) is 0 Å². The molecule has 1 N–H and O–H groups in total. The molecule has 0 saturated heterocycles. The van der Waals surface area contributed by atoms with Gasteiger partial charge < -0.3 is 10.1 Å². The Morgan fingerprint density at radius 2 is 1.69 bits per heavy atom. The third kappa shape index (κ3) is 5.28. The van der Waals surface area contributed by atoms with Crippen LogP contribution in [0.5, 0.6) is 11.5 Å². The number of hydrogen-bond acceptors (Lipinski definition) is 5. The van der Waals surface area contributed by atoms with Crippen LogP contribution in [0.25, 0.3) is 6.08 Å². The van der Waals surface area contributed by atoms with Crippen molar-refractivity contribution in [3.63, 3.8) is 0 Å². The minimum absolute atomic E-state index is 0.0886. The van der Waals surface area contributed by atoms with Crippen LogP contribution in [0.2, 0.25) is 0 Å². The minimum atomic E-state index is -0.615. The molecule has 0 aromatic heterocycles. The molecule has 0 aliphatic heterocycles. The lowest BCUT2D eigenvalue weighted by Crippen LogP contribution is -2.13. The number of carbonyl (C=O) groups is 1. The van der Waals surface area contributed by atoms with Crippen LogP contribution in [0.3, 0.4) is 0 Å². The fourth-order valence-electron chi connectivity index (χ4n) is 2.47. The Morgan fingerprint density at radius 1 is 1.00 bits per heavy atom. The molecule has 7 nitrogen and oxygen atoms in total. The monoisotopic (exact) mass is 385 g/mol. The summed E-state index contributed by atoms with van der Waals surface area (Å²) in [4.78, 5) is 22.5. The summed E-state index contributed by atoms with van der Waals surface area (Å²) >= 11 is 0. The van der Waals surface area contributed by atoms with Gasteiger partial charge in [0.05, 0.1) is 4.92 Å². The van der Waals surface area contributed by atoms with Gasteiger partial charge in [-0.05, 0) is 48.0 Å². The Kier molecular flexibility index (Phi) is 5.98. The van der Waals surface area contributed by atoms with E-state index in [0.717, 1.165) is 0 Å². The largest absolute Gasteiger partial charge is 0.457 e. The van der Waals surface area contributed by atoms with E-state index in [2.05, 4.69) is 5.32 Å². The fourth-order valence-corrected chi connectivity index (χ4v) is 2.47. The molecule has 0 unspecified atom stereocenters. The number of amides is 1. The van der Waals surface area contributed by atoms with Crippen LogP contribution in [0, 0.1) is 21.4 Å². The number of nitrogens with zero attached hydrogens (tertiary/aromatic N) is 2. The number of ether oxygens (including phenoxy) is 1. The zero-order valence-corrected chi connectivity index (χ0v) is 15.1. The highest BCUT2D eigenvalue weighted by atomic mass is 16.6. The number of anilines is 1. The van der Waals surface area contributed by atoms with E-state index in [0.29, 0.717) is 22.7 Å². The first kappa shape index (κ1) is 19.3. The van der Waals surface area contributed by atoms with Gasteiger partial charge in [0.1, 0.15) is 23.1 Å². The van der Waals surface area contributed by atoms with E-state index in [1.165, 1.54) is 30.3 Å². The summed E-state index contributed by atoms with van der Waals surface area (Å²) in [6.07, 6.45) is 1.44. The van der Waals surface area contributed by atoms with Crippen LogP contribution in [-0.4, -0.2) is 10.8 Å². The normalized spacial score (nSPS) is 10.7. The van der Waals surface area contributed by atoms with Gasteiger partial charge in [-0.15, -0.1) is 0 Å². The van der Waals surface area contributed by atoms with Crippen molar-refractivity contribution < 1.29 is 14.5 Å². The van der Waals surface area contributed by atoms with E-state index < -0.39 is 10.8 Å². The van der Waals surface area contributed by atoms with Crippen molar-refractivity contribution in [1.29, 1.82) is 5.26 Å². The molecule has 3 aromatic carbocycles. The second-order valence-electron chi connectivity index (χ2n) is 5.92. The number of carbonyl (C=O) groups excluding carboxylic acids is 1. The number of rotatable bonds is 6. The SMILES string of the molecule is N#CC(=Cc1cccc(Oc2ccccc2)c1)C(=O)Nc1ccc([N+](=O)[O-])cc1. The summed E-state index contributed by atoms with van der Waals surface area (Å²) in [5, 5.41) is 22.6. The van der Waals surface area contributed by atoms with Gasteiger partial charge in [-0.1, -0.05) is 30.3 Å². The average molecular weight is 385 g/mol. The highest BCUT2D eigenvalue weighted by Gasteiger charge is 2.11. The minimum Gasteiger partial charge on any atom is -0.457 e. The number of nitro groups is 1. The van der Waals surface area contributed by atoms with Gasteiger partial charge in [0.25, 0.3) is 11.6 Å². The number of hydrogen-bond donors (Lipinski definition) is 1. The summed E-state index contributed by atoms with van der Waals surface area (Å²) in [7, 11) is 0. The van der Waals surface area contributed by atoms with E-state index in [4.69, 9.17) is 4.74 Å². The van der Waals surface area contributed by atoms with E-state index in [9.17, 15) is 20.2 Å². The van der Waals surface area contributed by atoms with Gasteiger partial charge in [0.2, 0.25) is 0 Å². The third-order valence-corrected chi connectivity index (χ3v) is 3.85. The molecule has 0 aliphatic rings. The van der Waals surface area contributed by atoms with Crippen molar-refractivity contribution in [1.82, 2.24) is 0 Å². The quantitative estimate of drug-likeness (QED) is 0.280. The molecule has 0 atom stereocenters. The number of nitro benzene ring substituents is 1. The molecule has 142 valence electrons. The van der Waals surface area contributed by atoms with E-state index in [-0.39, 0.29) is 11.3 Å². The molecule has 0 aliphatic carbocycles. The molecule has 7 heteroatoms. The lowest BCUT2D eigenvalue weighted by atomic mass is 10.1. The predicted octanol–water partition coefficient (Wildman–Crippen LogP) is 4.93. The Morgan fingerprint density at radius 3 is 2.34 bits per heavy atom. The van der Waals surface area contributed by atoms with Crippen molar-refractivity contribution >= 4 is 23.4 Å². The predicted molar refractivity (Wildman–Crippen MR) is 108 cm³/mol. The third-order valence-electron chi connectivity index (χ3n) is 3.85. The Labute approximate surface area is 166 Å². The molecule has 0 fully saturated rings. The lowest BCUT2D eigenvalue weighted by molar-refractivity contribution is -0.384. The lowest BCUT2D eigenvalue weighted by Gasteiger charge is -2.07. The molecule has 0 saturated carbocycles. The average Bonchev–Trinajstić information content (AvgIpc) is 2.73. The van der Waals surface area contributed by atoms with Crippen LogP contribution >= 0.6 is 0 Å². The Bertz CT molecular complexity index is 1100. The van der Waals surface area contributed by atoms with Gasteiger partial charge in [-0.25, -0.2) is 0 Å². The first-order valence-corrected chi connectivity index (χ1v) is 8.56. The van der Waals surface area contributed by atoms with E-state index in [1.807, 2.05) is 36.4 Å². The van der Waals surface area contributed by atoms with E-state index in [1.54, 1.807) is 24.3 Å². The number of benzene rings is 3.